The minimum absolute atomic E-state index is 0.233. The van der Waals surface area contributed by atoms with Crippen molar-refractivity contribution in [2.24, 2.45) is 11.7 Å². The van der Waals surface area contributed by atoms with Crippen LogP contribution in [0.4, 0.5) is 4.79 Å². The summed E-state index contributed by atoms with van der Waals surface area (Å²) in [5.74, 6) is -0.133. The van der Waals surface area contributed by atoms with Crippen LogP contribution in [-0.4, -0.2) is 29.9 Å². The number of thioether (sulfide) groups is 1. The van der Waals surface area contributed by atoms with Crippen molar-refractivity contribution >= 4 is 23.0 Å². The molecule has 0 rings (SSSR count). The highest BCUT2D eigenvalue weighted by Gasteiger charge is 2.16. The van der Waals surface area contributed by atoms with E-state index in [9.17, 15) is 9.59 Å². The topological polar surface area (TPSA) is 78.6 Å². The lowest BCUT2D eigenvalue weighted by molar-refractivity contribution is -0.167. The van der Waals surface area contributed by atoms with E-state index in [4.69, 9.17) is 15.2 Å². The van der Waals surface area contributed by atoms with E-state index in [0.717, 1.165) is 11.8 Å². The Morgan fingerprint density at radius 2 is 1.87 bits per heavy atom. The van der Waals surface area contributed by atoms with E-state index < -0.39 is 11.6 Å². The Bertz CT molecular complexity index is 220. The second-order valence-electron chi connectivity index (χ2n) is 3.16. The number of esters is 1. The van der Waals surface area contributed by atoms with Crippen molar-refractivity contribution < 1.29 is 19.1 Å². The van der Waals surface area contributed by atoms with Gasteiger partial charge in [-0.3, -0.25) is 4.79 Å². The normalized spacial score (nSPS) is 12.3. The van der Waals surface area contributed by atoms with Gasteiger partial charge in [0.2, 0.25) is 6.29 Å². The van der Waals surface area contributed by atoms with Gasteiger partial charge in [-0.05, 0) is 11.8 Å². The molecule has 6 heteroatoms. The molecule has 2 N–H and O–H groups in total. The molecule has 0 fully saturated rings. The third-order valence-corrected chi connectivity index (χ3v) is 2.13. The van der Waals surface area contributed by atoms with E-state index in [-0.39, 0.29) is 11.9 Å². The molecule has 0 aromatic rings. The molecule has 88 valence electrons. The summed E-state index contributed by atoms with van der Waals surface area (Å²) >= 11 is 0.963. The lowest BCUT2D eigenvalue weighted by atomic mass is 10.2. The van der Waals surface area contributed by atoms with E-state index in [1.807, 2.05) is 0 Å². The van der Waals surface area contributed by atoms with Crippen LogP contribution in [0, 0.1) is 5.92 Å². The van der Waals surface area contributed by atoms with Gasteiger partial charge in [-0.2, -0.15) is 0 Å². The molecule has 0 amide bonds. The van der Waals surface area contributed by atoms with Gasteiger partial charge in [0.1, 0.15) is 0 Å². The second kappa shape index (κ2) is 7.53. The summed E-state index contributed by atoms with van der Waals surface area (Å²) in [5, 5.41) is -0.482. The molecule has 0 heterocycles. The van der Waals surface area contributed by atoms with Crippen molar-refractivity contribution in [2.75, 3.05) is 12.3 Å². The van der Waals surface area contributed by atoms with Crippen LogP contribution >= 0.6 is 11.8 Å². The van der Waals surface area contributed by atoms with Gasteiger partial charge >= 0.3 is 11.3 Å². The van der Waals surface area contributed by atoms with Gasteiger partial charge in [0.15, 0.2) is 0 Å². The number of rotatable bonds is 5. The van der Waals surface area contributed by atoms with Crippen LogP contribution in [-0.2, 0) is 14.3 Å². The molecule has 0 aromatic carbocycles. The molecule has 5 nitrogen and oxygen atoms in total. The number of carbonyl (C=O) groups is 2. The van der Waals surface area contributed by atoms with Crippen LogP contribution in [0.2, 0.25) is 0 Å². The fourth-order valence-electron chi connectivity index (χ4n) is 0.636. The molecular formula is C9H17NO4S. The zero-order chi connectivity index (χ0) is 11.8. The van der Waals surface area contributed by atoms with Crippen LogP contribution in [0.15, 0.2) is 0 Å². The summed E-state index contributed by atoms with van der Waals surface area (Å²) in [6.07, 6.45) is -0.849. The average Bonchev–Trinajstić information content (AvgIpc) is 2.14. The first kappa shape index (κ1) is 14.2. The summed E-state index contributed by atoms with van der Waals surface area (Å²) in [4.78, 5) is 22.2. The largest absolute Gasteiger partial charge is 0.425 e. The van der Waals surface area contributed by atoms with Crippen LogP contribution < -0.4 is 5.73 Å². The van der Waals surface area contributed by atoms with Crippen LogP contribution in [0.3, 0.4) is 0 Å². The molecule has 0 aliphatic rings. The highest BCUT2D eigenvalue weighted by atomic mass is 32.2. The first-order valence-corrected chi connectivity index (χ1v) is 5.70. The summed E-state index contributed by atoms with van der Waals surface area (Å²) in [6.45, 7) is 5.32. The third kappa shape index (κ3) is 7.21. The zero-order valence-electron chi connectivity index (χ0n) is 9.19. The summed E-state index contributed by atoms with van der Waals surface area (Å²) in [5.41, 5.74) is 5.21. The Labute approximate surface area is 93.7 Å². The highest BCUT2D eigenvalue weighted by Crippen LogP contribution is 2.09. The van der Waals surface area contributed by atoms with E-state index in [2.05, 4.69) is 0 Å². The van der Waals surface area contributed by atoms with Gasteiger partial charge in [-0.25, -0.2) is 4.79 Å². The average molecular weight is 235 g/mol. The smallest absolute Gasteiger partial charge is 0.370 e. The maximum Gasteiger partial charge on any atom is 0.370 e. The predicted octanol–water partition coefficient (Wildman–Crippen LogP) is 1.36. The quantitative estimate of drug-likeness (QED) is 0.572. The molecule has 0 saturated carbocycles. The molecule has 0 spiro atoms. The highest BCUT2D eigenvalue weighted by molar-refractivity contribution is 8.13. The van der Waals surface area contributed by atoms with E-state index in [1.54, 1.807) is 13.8 Å². The molecule has 0 aromatic heterocycles. The van der Waals surface area contributed by atoms with Crippen molar-refractivity contribution in [2.45, 2.75) is 27.1 Å². The molecule has 0 saturated heterocycles. The third-order valence-electron chi connectivity index (χ3n) is 1.35. The van der Waals surface area contributed by atoms with E-state index in [0.29, 0.717) is 12.3 Å². The Hall–Kier alpha value is -0.750. The van der Waals surface area contributed by atoms with Crippen LogP contribution in [0.5, 0.6) is 0 Å². The SMILES string of the molecule is CC(OC(=O)SCCN)OC(=O)C(C)C. The summed E-state index contributed by atoms with van der Waals surface area (Å²) in [6, 6.07) is 0. The fraction of sp³-hybridized carbons (Fsp3) is 0.778. The number of hydrogen-bond donors (Lipinski definition) is 1. The maximum atomic E-state index is 11.1. The molecule has 1 atom stereocenters. The van der Waals surface area contributed by atoms with Crippen molar-refractivity contribution in [1.82, 2.24) is 0 Å². The minimum Gasteiger partial charge on any atom is -0.425 e. The lowest BCUT2D eigenvalue weighted by Gasteiger charge is -2.14. The Kier molecular flexibility index (Phi) is 7.15. The molecule has 0 radical (unpaired) electrons. The van der Waals surface area contributed by atoms with Gasteiger partial charge in [-0.1, -0.05) is 13.8 Å². The van der Waals surface area contributed by atoms with E-state index in [1.165, 1.54) is 6.92 Å². The first-order valence-electron chi connectivity index (χ1n) is 4.71. The summed E-state index contributed by atoms with van der Waals surface area (Å²) < 4.78 is 9.63. The van der Waals surface area contributed by atoms with Crippen LogP contribution in [0.1, 0.15) is 20.8 Å². The number of ether oxygens (including phenoxy) is 2. The van der Waals surface area contributed by atoms with Crippen molar-refractivity contribution in [3.8, 4) is 0 Å². The minimum atomic E-state index is -0.849. The van der Waals surface area contributed by atoms with Crippen molar-refractivity contribution in [3.05, 3.63) is 0 Å². The van der Waals surface area contributed by atoms with Crippen molar-refractivity contribution in [1.29, 1.82) is 0 Å². The number of nitrogens with two attached hydrogens (primary N) is 1. The molecule has 0 aliphatic heterocycles. The molecular weight excluding hydrogens is 218 g/mol. The van der Waals surface area contributed by atoms with Crippen molar-refractivity contribution in [3.63, 3.8) is 0 Å². The number of hydrogen-bond acceptors (Lipinski definition) is 6. The Morgan fingerprint density at radius 3 is 2.33 bits per heavy atom. The molecule has 1 unspecified atom stereocenters. The molecule has 0 bridgehead atoms. The molecule has 15 heavy (non-hydrogen) atoms. The van der Waals surface area contributed by atoms with Gasteiger partial charge in [0, 0.05) is 19.2 Å². The second-order valence-corrected chi connectivity index (χ2v) is 4.19. The maximum absolute atomic E-state index is 11.1. The van der Waals surface area contributed by atoms with E-state index >= 15 is 0 Å². The molecule has 0 aliphatic carbocycles. The summed E-state index contributed by atoms with van der Waals surface area (Å²) in [7, 11) is 0. The van der Waals surface area contributed by atoms with Crippen LogP contribution in [0.25, 0.3) is 0 Å². The van der Waals surface area contributed by atoms with Gasteiger partial charge < -0.3 is 15.2 Å². The van der Waals surface area contributed by atoms with Gasteiger partial charge in [-0.15, -0.1) is 0 Å². The Balaban J connectivity index is 3.77. The van der Waals surface area contributed by atoms with Gasteiger partial charge in [0.25, 0.3) is 0 Å². The lowest BCUT2D eigenvalue weighted by Crippen LogP contribution is -2.23. The Morgan fingerprint density at radius 1 is 1.27 bits per heavy atom. The van der Waals surface area contributed by atoms with Gasteiger partial charge in [0.05, 0.1) is 5.92 Å². The monoisotopic (exact) mass is 235 g/mol. The fourth-order valence-corrected chi connectivity index (χ4v) is 1.12. The zero-order valence-corrected chi connectivity index (χ0v) is 10.0. The predicted molar refractivity (Wildman–Crippen MR) is 58.4 cm³/mol. The standard InChI is InChI=1S/C9H17NO4S/c1-6(2)8(11)13-7(3)14-9(12)15-5-4-10/h6-7H,4-5,10H2,1-3H3. The first-order chi connectivity index (χ1) is 6.97. The number of carbonyl (C=O) groups excluding carboxylic acids is 2.